The average molecular weight is 485 g/mol. The Labute approximate surface area is 211 Å². The summed E-state index contributed by atoms with van der Waals surface area (Å²) in [6, 6.07) is 15.7. The van der Waals surface area contributed by atoms with E-state index in [9.17, 15) is 0 Å². The number of likely N-dealkylation sites (tertiary alicyclic amines) is 1. The van der Waals surface area contributed by atoms with Gasteiger partial charge in [0.05, 0.1) is 13.7 Å². The van der Waals surface area contributed by atoms with Gasteiger partial charge < -0.3 is 25.0 Å². The van der Waals surface area contributed by atoms with Crippen LogP contribution in [0.2, 0.25) is 0 Å². The zero-order chi connectivity index (χ0) is 24.6. The third-order valence-corrected chi connectivity index (χ3v) is 6.31. The van der Waals surface area contributed by atoms with E-state index >= 15 is 0 Å². The number of anilines is 4. The molecule has 2 aromatic heterocycles. The maximum absolute atomic E-state index is 6.02. The van der Waals surface area contributed by atoms with Crippen molar-refractivity contribution in [3.8, 4) is 11.5 Å². The minimum atomic E-state index is 0.486. The van der Waals surface area contributed by atoms with E-state index in [2.05, 4.69) is 36.6 Å². The predicted octanol–water partition coefficient (Wildman–Crippen LogP) is 5.78. The number of pyridine rings is 1. The monoisotopic (exact) mass is 484 g/mol. The third-order valence-electron chi connectivity index (χ3n) is 6.31. The van der Waals surface area contributed by atoms with E-state index < -0.39 is 0 Å². The minimum absolute atomic E-state index is 0.486. The number of hydrogen-bond donors (Lipinski definition) is 2. The molecule has 2 aromatic carbocycles. The molecule has 0 amide bonds. The van der Waals surface area contributed by atoms with E-state index in [1.807, 2.05) is 48.7 Å². The third kappa shape index (κ3) is 6.20. The highest BCUT2D eigenvalue weighted by molar-refractivity contribution is 5.85. The Bertz CT molecular complexity index is 1290. The second-order valence-corrected chi connectivity index (χ2v) is 8.92. The van der Waals surface area contributed by atoms with Crippen molar-refractivity contribution in [3.63, 3.8) is 0 Å². The summed E-state index contributed by atoms with van der Waals surface area (Å²) in [5.74, 6) is 2.59. The first kappa shape index (κ1) is 23.8. The molecular formula is C28H32N6O2. The molecule has 0 radical (unpaired) electrons. The van der Waals surface area contributed by atoms with Crippen LogP contribution in [0.3, 0.4) is 0 Å². The van der Waals surface area contributed by atoms with Crippen LogP contribution in [0, 0.1) is 0 Å². The summed E-state index contributed by atoms with van der Waals surface area (Å²) in [5, 5.41) is 8.80. The van der Waals surface area contributed by atoms with Gasteiger partial charge in [0.25, 0.3) is 0 Å². The molecule has 0 unspecified atom stereocenters. The largest absolute Gasteiger partial charge is 0.493 e. The molecule has 186 valence electrons. The highest BCUT2D eigenvalue weighted by Gasteiger charge is 2.11. The lowest BCUT2D eigenvalue weighted by molar-refractivity contribution is 0.203. The first-order valence-electron chi connectivity index (χ1n) is 12.5. The van der Waals surface area contributed by atoms with Gasteiger partial charge in [0.15, 0.2) is 11.5 Å². The Morgan fingerprint density at radius 2 is 1.72 bits per heavy atom. The van der Waals surface area contributed by atoms with Crippen molar-refractivity contribution in [2.75, 3.05) is 44.0 Å². The fourth-order valence-electron chi connectivity index (χ4n) is 4.45. The van der Waals surface area contributed by atoms with Crippen LogP contribution in [0.1, 0.15) is 25.7 Å². The minimum Gasteiger partial charge on any atom is -0.493 e. The number of methoxy groups -OCH3 is 1. The lowest BCUT2D eigenvalue weighted by Gasteiger charge is -2.26. The van der Waals surface area contributed by atoms with Crippen LogP contribution in [0.15, 0.2) is 67.1 Å². The molecule has 0 saturated carbocycles. The molecule has 8 nitrogen and oxygen atoms in total. The Hall–Kier alpha value is -3.91. The molecule has 0 aliphatic carbocycles. The molecule has 0 atom stereocenters. The summed E-state index contributed by atoms with van der Waals surface area (Å²) in [7, 11) is 1.65. The normalized spacial score (nSPS) is 13.9. The number of fused-ring (bicyclic) bond motifs is 1. The van der Waals surface area contributed by atoms with Crippen molar-refractivity contribution in [3.05, 3.63) is 67.1 Å². The van der Waals surface area contributed by atoms with Crippen molar-refractivity contribution in [2.24, 2.45) is 0 Å². The maximum atomic E-state index is 6.02. The van der Waals surface area contributed by atoms with Crippen LogP contribution in [0.4, 0.5) is 23.1 Å². The van der Waals surface area contributed by atoms with Crippen LogP contribution in [0.25, 0.3) is 10.8 Å². The van der Waals surface area contributed by atoms with E-state index in [0.717, 1.165) is 40.9 Å². The van der Waals surface area contributed by atoms with Crippen LogP contribution in [0.5, 0.6) is 11.5 Å². The first-order valence-corrected chi connectivity index (χ1v) is 12.5. The molecule has 0 bridgehead atoms. The zero-order valence-corrected chi connectivity index (χ0v) is 20.6. The molecule has 4 aromatic rings. The number of piperidine rings is 1. The molecule has 8 heteroatoms. The molecule has 5 rings (SSSR count). The second-order valence-electron chi connectivity index (χ2n) is 8.92. The molecule has 1 fully saturated rings. The van der Waals surface area contributed by atoms with Gasteiger partial charge in [-0.15, -0.1) is 0 Å². The van der Waals surface area contributed by atoms with Gasteiger partial charge in [-0.05, 0) is 74.1 Å². The Morgan fingerprint density at radius 1 is 0.861 bits per heavy atom. The average Bonchev–Trinajstić information content (AvgIpc) is 2.92. The van der Waals surface area contributed by atoms with E-state index in [0.29, 0.717) is 24.1 Å². The highest BCUT2D eigenvalue weighted by atomic mass is 16.5. The van der Waals surface area contributed by atoms with Gasteiger partial charge in [-0.1, -0.05) is 12.5 Å². The predicted molar refractivity (Wildman–Crippen MR) is 144 cm³/mol. The van der Waals surface area contributed by atoms with Gasteiger partial charge in [-0.3, -0.25) is 4.98 Å². The molecule has 1 aliphatic rings. The molecule has 0 spiro atoms. The number of rotatable bonds is 10. The molecule has 3 heterocycles. The highest BCUT2D eigenvalue weighted by Crippen LogP contribution is 2.31. The number of ether oxygens (including phenoxy) is 2. The van der Waals surface area contributed by atoms with Crippen LogP contribution < -0.4 is 20.1 Å². The van der Waals surface area contributed by atoms with E-state index in [-0.39, 0.29) is 0 Å². The summed E-state index contributed by atoms with van der Waals surface area (Å²) < 4.78 is 11.6. The molecule has 1 aliphatic heterocycles. The topological polar surface area (TPSA) is 84.4 Å². The van der Waals surface area contributed by atoms with Crippen molar-refractivity contribution in [2.45, 2.75) is 25.7 Å². The van der Waals surface area contributed by atoms with Gasteiger partial charge in [0.1, 0.15) is 5.82 Å². The summed E-state index contributed by atoms with van der Waals surface area (Å²) >= 11 is 0. The maximum Gasteiger partial charge on any atom is 0.229 e. The number of hydrogen-bond acceptors (Lipinski definition) is 8. The Kier molecular flexibility index (Phi) is 7.73. The first-order chi connectivity index (χ1) is 17.8. The molecule has 1 saturated heterocycles. The number of aromatic nitrogens is 3. The van der Waals surface area contributed by atoms with Crippen molar-refractivity contribution in [1.29, 1.82) is 0 Å². The van der Waals surface area contributed by atoms with Gasteiger partial charge in [-0.25, -0.2) is 4.98 Å². The fourth-order valence-corrected chi connectivity index (χ4v) is 4.45. The van der Waals surface area contributed by atoms with E-state index in [1.54, 1.807) is 19.5 Å². The molecule has 36 heavy (non-hydrogen) atoms. The smallest absolute Gasteiger partial charge is 0.229 e. The fraction of sp³-hybridized carbons (Fsp3) is 0.321. The summed E-state index contributed by atoms with van der Waals surface area (Å²) in [5.41, 5.74) is 1.75. The number of nitrogens with zero attached hydrogens (tertiary/aromatic N) is 4. The van der Waals surface area contributed by atoms with Gasteiger partial charge in [0.2, 0.25) is 5.95 Å². The molecule has 2 N–H and O–H groups in total. The van der Waals surface area contributed by atoms with Crippen LogP contribution in [-0.2, 0) is 0 Å². The van der Waals surface area contributed by atoms with Gasteiger partial charge in [-0.2, -0.15) is 4.98 Å². The van der Waals surface area contributed by atoms with Gasteiger partial charge >= 0.3 is 0 Å². The van der Waals surface area contributed by atoms with E-state index in [1.165, 1.54) is 32.4 Å². The van der Waals surface area contributed by atoms with Crippen molar-refractivity contribution >= 4 is 33.9 Å². The quantitative estimate of drug-likeness (QED) is 0.274. The van der Waals surface area contributed by atoms with Crippen LogP contribution in [-0.4, -0.2) is 53.2 Å². The Balaban J connectivity index is 1.19. The lowest BCUT2D eigenvalue weighted by Crippen LogP contribution is -2.31. The standard InChI is InChI=1S/C28H32N6O2/c1-35-26-19-24(8-9-25(26)36-17-5-16-34-14-3-2-4-15-34)32-28-30-13-11-27(33-28)31-23-7-6-21-10-12-29-20-22(21)18-23/h6-13,18-20H,2-5,14-17H2,1H3,(H2,30,31,32,33). The van der Waals surface area contributed by atoms with Gasteiger partial charge in [0, 0.05) is 48.0 Å². The summed E-state index contributed by atoms with van der Waals surface area (Å²) in [6.45, 7) is 4.17. The SMILES string of the molecule is COc1cc(Nc2nccc(Nc3ccc4ccncc4c3)n2)ccc1OCCCN1CCCCC1. The number of nitrogens with one attached hydrogen (secondary N) is 2. The van der Waals surface area contributed by atoms with Crippen LogP contribution >= 0.6 is 0 Å². The second kappa shape index (κ2) is 11.7. The van der Waals surface area contributed by atoms with E-state index in [4.69, 9.17) is 9.47 Å². The van der Waals surface area contributed by atoms with Crippen molar-refractivity contribution in [1.82, 2.24) is 19.9 Å². The summed E-state index contributed by atoms with van der Waals surface area (Å²) in [6.07, 6.45) is 10.4. The van der Waals surface area contributed by atoms with Crippen molar-refractivity contribution < 1.29 is 9.47 Å². The molecular weight excluding hydrogens is 452 g/mol. The summed E-state index contributed by atoms with van der Waals surface area (Å²) in [4.78, 5) is 15.7. The lowest BCUT2D eigenvalue weighted by atomic mass is 10.1. The number of benzene rings is 2. The zero-order valence-electron chi connectivity index (χ0n) is 20.6. The Morgan fingerprint density at radius 3 is 2.61 bits per heavy atom.